The maximum absolute atomic E-state index is 12.4. The highest BCUT2D eigenvalue weighted by Crippen LogP contribution is 2.59. The number of phenolic OH excluding ortho intramolecular Hbond substituents is 2. The molecule has 308 valence electrons. The summed E-state index contributed by atoms with van der Waals surface area (Å²) < 4.78 is 45.8. The summed E-state index contributed by atoms with van der Waals surface area (Å²) in [7, 11) is -21.7. The van der Waals surface area contributed by atoms with Gasteiger partial charge in [-0.15, -0.1) is 0 Å². The Hall–Kier alpha value is -3.36. The molecule has 1 atom stereocenters. The molecule has 0 saturated carbocycles. The lowest BCUT2D eigenvalue weighted by molar-refractivity contribution is -0.148. The number of aryl methyl sites for hydroxylation is 2. The highest BCUT2D eigenvalue weighted by atomic mass is 31.2. The van der Waals surface area contributed by atoms with Crippen LogP contribution in [0.15, 0.2) is 36.4 Å². The molecule has 0 heterocycles. The van der Waals surface area contributed by atoms with Gasteiger partial charge in [-0.25, -0.2) is 0 Å². The SMILES string of the molecule is CC(=O)C(C(=O)O)N(CCNCc1cc(CCC(=O)NC(P(=O)(O)O)P(=O)(O)O)ccc1O)Cc1cc(CCC(=O)NC(P(=O)(O)O)P(=O)(O)O)ccc1O. The van der Waals surface area contributed by atoms with E-state index in [4.69, 9.17) is 0 Å². The smallest absolute Gasteiger partial charge is 0.360 e. The number of ketones is 1. The van der Waals surface area contributed by atoms with Gasteiger partial charge in [0.1, 0.15) is 11.5 Å². The van der Waals surface area contributed by atoms with Gasteiger partial charge in [-0.05, 0) is 43.0 Å². The minimum absolute atomic E-state index is 0.00376. The quantitative estimate of drug-likeness (QED) is 0.0388. The van der Waals surface area contributed by atoms with Crippen LogP contribution in [0.2, 0.25) is 0 Å². The van der Waals surface area contributed by atoms with E-state index in [1.54, 1.807) is 10.6 Å². The number of nitrogens with zero attached hydrogens (tertiary/aromatic N) is 1. The first-order valence-electron chi connectivity index (χ1n) is 15.7. The van der Waals surface area contributed by atoms with Gasteiger partial charge in [-0.2, -0.15) is 0 Å². The summed E-state index contributed by atoms with van der Waals surface area (Å²) in [6, 6.07) is 6.44. The number of aliphatic carboxylic acids is 1. The number of carbonyl (C=O) groups is 4. The van der Waals surface area contributed by atoms with Gasteiger partial charge in [0.05, 0.1) is 0 Å². The molecule has 2 rings (SSSR count). The zero-order valence-electron chi connectivity index (χ0n) is 28.8. The highest BCUT2D eigenvalue weighted by molar-refractivity contribution is 7.71. The molecule has 55 heavy (non-hydrogen) atoms. The minimum Gasteiger partial charge on any atom is -0.508 e. The normalized spacial score (nSPS) is 13.2. The Bertz CT molecular complexity index is 1870. The number of carbonyl (C=O) groups excluding carboxylic acids is 3. The van der Waals surface area contributed by atoms with Gasteiger partial charge in [0, 0.05) is 50.1 Å². The van der Waals surface area contributed by atoms with Crippen LogP contribution in [0.4, 0.5) is 0 Å². The van der Waals surface area contributed by atoms with Crippen molar-refractivity contribution in [1.29, 1.82) is 0 Å². The van der Waals surface area contributed by atoms with Gasteiger partial charge in [0.2, 0.25) is 22.9 Å². The molecule has 0 radical (unpaired) electrons. The lowest BCUT2D eigenvalue weighted by atomic mass is 10.0. The fourth-order valence-corrected chi connectivity index (χ4v) is 9.47. The largest absolute Gasteiger partial charge is 0.508 e. The van der Waals surface area contributed by atoms with Gasteiger partial charge >= 0.3 is 36.4 Å². The monoisotopic (exact) mass is 862 g/mol. The van der Waals surface area contributed by atoms with Crippen molar-refractivity contribution in [1.82, 2.24) is 20.9 Å². The zero-order chi connectivity index (χ0) is 42.1. The van der Waals surface area contributed by atoms with Crippen LogP contribution in [0.5, 0.6) is 11.5 Å². The van der Waals surface area contributed by atoms with Crippen LogP contribution in [-0.2, 0) is 63.4 Å². The average molecular weight is 863 g/mol. The summed E-state index contributed by atoms with van der Waals surface area (Å²) in [5.74, 6) is -4.96. The number of phenols is 2. The topological polar surface area (TPSA) is 398 Å². The van der Waals surface area contributed by atoms with Gasteiger partial charge in [-0.3, -0.25) is 42.3 Å². The molecule has 0 aliphatic carbocycles. The van der Waals surface area contributed by atoms with E-state index in [0.717, 1.165) is 6.92 Å². The molecule has 2 amide bonds. The summed E-state index contributed by atoms with van der Waals surface area (Å²) >= 11 is 0. The van der Waals surface area contributed by atoms with E-state index in [9.17, 15) is 91.9 Å². The number of rotatable bonds is 22. The third-order valence-corrected chi connectivity index (χ3v) is 14.3. The van der Waals surface area contributed by atoms with E-state index < -0.39 is 83.9 Å². The van der Waals surface area contributed by atoms with Gasteiger partial charge < -0.3 is 70.4 Å². The van der Waals surface area contributed by atoms with Crippen LogP contribution in [0.3, 0.4) is 0 Å². The van der Waals surface area contributed by atoms with E-state index in [1.165, 1.54) is 41.3 Å². The number of amides is 2. The van der Waals surface area contributed by atoms with Crippen molar-refractivity contribution in [2.45, 2.75) is 62.8 Å². The third kappa shape index (κ3) is 15.6. The third-order valence-electron chi connectivity index (χ3n) is 7.67. The Labute approximate surface area is 312 Å². The van der Waals surface area contributed by atoms with Gasteiger partial charge in [-0.1, -0.05) is 24.3 Å². The molecule has 0 fully saturated rings. The molecule has 27 heteroatoms. The van der Waals surface area contributed by atoms with Crippen molar-refractivity contribution >= 4 is 53.9 Å². The molecule has 0 aliphatic rings. The Morgan fingerprint density at radius 2 is 1.07 bits per heavy atom. The number of carboxylic acid groups (broad SMARTS) is 1. The Morgan fingerprint density at radius 3 is 1.45 bits per heavy atom. The van der Waals surface area contributed by atoms with Crippen molar-refractivity contribution in [2.24, 2.45) is 0 Å². The first-order chi connectivity index (χ1) is 25.1. The zero-order valence-corrected chi connectivity index (χ0v) is 32.4. The molecule has 14 N–H and O–H groups in total. The summed E-state index contributed by atoms with van der Waals surface area (Å²) in [6.07, 6.45) is -1.18. The van der Waals surface area contributed by atoms with Crippen LogP contribution in [0.1, 0.15) is 42.0 Å². The number of hydrogen-bond donors (Lipinski definition) is 14. The number of carboxylic acids is 1. The van der Waals surface area contributed by atoms with E-state index in [1.807, 2.05) is 0 Å². The second-order valence-corrected chi connectivity index (χ2v) is 19.8. The Morgan fingerprint density at radius 1 is 0.673 bits per heavy atom. The summed E-state index contributed by atoms with van der Waals surface area (Å²) in [4.78, 5) is 124. The van der Waals surface area contributed by atoms with E-state index in [-0.39, 0.29) is 61.6 Å². The van der Waals surface area contributed by atoms with E-state index in [0.29, 0.717) is 11.1 Å². The average Bonchev–Trinajstić information content (AvgIpc) is 3.02. The van der Waals surface area contributed by atoms with Crippen molar-refractivity contribution in [3.63, 3.8) is 0 Å². The molecular weight excluding hydrogens is 820 g/mol. The molecule has 1 unspecified atom stereocenters. The molecule has 2 aromatic rings. The van der Waals surface area contributed by atoms with Crippen LogP contribution in [0.25, 0.3) is 0 Å². The molecule has 23 nitrogen and oxygen atoms in total. The number of aromatic hydroxyl groups is 2. The number of Topliss-reactive ketones (excluding diaryl/α,β-unsaturated/α-hetero) is 1. The van der Waals surface area contributed by atoms with Crippen LogP contribution >= 0.6 is 30.4 Å². The summed E-state index contributed by atoms with van der Waals surface area (Å²) in [5, 5.41) is 36.9. The Kier molecular flexibility index (Phi) is 17.1. The maximum atomic E-state index is 12.4. The molecular formula is C28H42N4O19P4. The number of hydrogen-bond acceptors (Lipinski definition) is 12. The van der Waals surface area contributed by atoms with E-state index in [2.05, 4.69) is 5.32 Å². The highest BCUT2D eigenvalue weighted by Gasteiger charge is 2.45. The van der Waals surface area contributed by atoms with Crippen molar-refractivity contribution < 1.29 is 91.9 Å². The van der Waals surface area contributed by atoms with Gasteiger partial charge in [0.25, 0.3) is 0 Å². The summed E-state index contributed by atoms with van der Waals surface area (Å²) in [6.45, 7) is 0.547. The molecule has 0 aromatic heterocycles. The van der Waals surface area contributed by atoms with Crippen LogP contribution in [0, 0.1) is 0 Å². The predicted molar refractivity (Wildman–Crippen MR) is 189 cm³/mol. The molecule has 0 aliphatic heterocycles. The second-order valence-electron chi connectivity index (χ2n) is 12.2. The lowest BCUT2D eigenvalue weighted by Crippen LogP contribution is -2.47. The predicted octanol–water partition coefficient (Wildman–Crippen LogP) is -0.893. The van der Waals surface area contributed by atoms with Crippen LogP contribution < -0.4 is 16.0 Å². The molecule has 2 aromatic carbocycles. The lowest BCUT2D eigenvalue weighted by Gasteiger charge is -2.28. The fraction of sp³-hybridized carbons (Fsp3) is 0.429. The summed E-state index contributed by atoms with van der Waals surface area (Å²) in [5.41, 5.74) is -4.30. The first-order valence-corrected chi connectivity index (χ1v) is 22.4. The standard InChI is InChI=1S/C28H42N4O19P4/c1-16(33)25(26(38)39)32(15-20-13-18(3-7-22(20)35)5-9-24(37)31-28(54(46,47)48)55(49,50)51)11-10-29-14-19-12-17(2-6-21(19)34)4-8-23(36)30-27(52(40,41)42)53(43,44)45/h2-3,6-7,12-13,25,27-29,34-35H,4-5,8-11,14-15H2,1H3,(H,30,36)(H,31,37)(H,38,39)(H2,40,41,42)(H2,43,44,45)(H2,46,47,48)(H2,49,50,51). The number of benzene rings is 2. The maximum Gasteiger partial charge on any atom is 0.360 e. The Balaban J connectivity index is 2.13. The number of nitrogens with one attached hydrogen (secondary N) is 3. The van der Waals surface area contributed by atoms with Crippen molar-refractivity contribution in [3.8, 4) is 11.5 Å². The van der Waals surface area contributed by atoms with Crippen LogP contribution in [-0.4, -0.2) is 113 Å². The van der Waals surface area contributed by atoms with E-state index >= 15 is 0 Å². The molecule has 0 saturated heterocycles. The molecule has 0 bridgehead atoms. The first kappa shape index (κ1) is 47.8. The van der Waals surface area contributed by atoms with Crippen molar-refractivity contribution in [3.05, 3.63) is 58.7 Å². The second kappa shape index (κ2) is 19.7. The van der Waals surface area contributed by atoms with Crippen molar-refractivity contribution in [2.75, 3.05) is 13.1 Å². The van der Waals surface area contributed by atoms with Gasteiger partial charge in [0.15, 0.2) is 11.8 Å². The minimum atomic E-state index is -5.44. The molecule has 0 spiro atoms. The fourth-order valence-electron chi connectivity index (χ4n) is 5.08.